The topological polar surface area (TPSA) is 66.5 Å². The van der Waals surface area contributed by atoms with Gasteiger partial charge in [-0.3, -0.25) is 10.0 Å². The summed E-state index contributed by atoms with van der Waals surface area (Å²) in [6.45, 7) is 3.00. The van der Waals surface area contributed by atoms with Crippen molar-refractivity contribution in [1.29, 1.82) is 0 Å². The van der Waals surface area contributed by atoms with Gasteiger partial charge in [-0.05, 0) is 18.6 Å². The Morgan fingerprint density at radius 1 is 1.48 bits per heavy atom. The number of nitrogens with zero attached hydrogens (tertiary/aromatic N) is 3. The number of aliphatic imine (C=N–C) groups is 1. The normalized spacial score (nSPS) is 18.6. The summed E-state index contributed by atoms with van der Waals surface area (Å²) in [5.41, 5.74) is 9.79. The molecule has 0 saturated heterocycles. The average Bonchev–Trinajstić information content (AvgIpc) is 2.94. The molecule has 0 amide bonds. The Morgan fingerprint density at radius 2 is 2.35 bits per heavy atom. The van der Waals surface area contributed by atoms with Crippen LogP contribution in [-0.2, 0) is 0 Å². The molecule has 3 N–H and O–H groups in total. The van der Waals surface area contributed by atoms with Gasteiger partial charge in [-0.25, -0.2) is 14.8 Å². The van der Waals surface area contributed by atoms with Crippen LogP contribution in [0.25, 0.3) is 0 Å². The van der Waals surface area contributed by atoms with Crippen molar-refractivity contribution in [2.75, 3.05) is 18.1 Å². The lowest BCUT2D eigenvalue weighted by molar-refractivity contribution is 0.568. The van der Waals surface area contributed by atoms with Gasteiger partial charge in [-0.2, -0.15) is 0 Å². The quantitative estimate of drug-likeness (QED) is 0.461. The molecule has 0 bridgehead atoms. The molecule has 2 heterocycles. The van der Waals surface area contributed by atoms with Crippen LogP contribution in [0.4, 0.5) is 10.2 Å². The minimum Gasteiger partial charge on any atom is -0.390 e. The van der Waals surface area contributed by atoms with E-state index in [2.05, 4.69) is 15.4 Å². The van der Waals surface area contributed by atoms with Gasteiger partial charge in [0.05, 0.1) is 31.3 Å². The highest BCUT2D eigenvalue weighted by atomic mass is 19.1. The molecule has 1 atom stereocenters. The van der Waals surface area contributed by atoms with Crippen LogP contribution in [0.3, 0.4) is 0 Å². The van der Waals surface area contributed by atoms with E-state index in [4.69, 9.17) is 5.73 Å². The van der Waals surface area contributed by atoms with Gasteiger partial charge >= 0.3 is 0 Å². The van der Waals surface area contributed by atoms with E-state index in [-0.39, 0.29) is 11.9 Å². The van der Waals surface area contributed by atoms with E-state index < -0.39 is 0 Å². The van der Waals surface area contributed by atoms with E-state index in [1.54, 1.807) is 25.3 Å². The molecule has 23 heavy (non-hydrogen) atoms. The predicted octanol–water partition coefficient (Wildman–Crippen LogP) is 2.81. The number of nitrogens with two attached hydrogens (primary N) is 1. The number of fused-ring (bicyclic) bond motifs is 1. The maximum absolute atomic E-state index is 12.9. The second-order valence-corrected chi connectivity index (χ2v) is 5.00. The molecule has 5 nitrogen and oxygen atoms in total. The molecule has 0 spiro atoms. The molecule has 122 valence electrons. The molecule has 1 aromatic rings. The van der Waals surface area contributed by atoms with Crippen molar-refractivity contribution < 1.29 is 4.39 Å². The van der Waals surface area contributed by atoms with Crippen molar-refractivity contribution >= 4 is 12.2 Å². The lowest BCUT2D eigenvalue weighted by Crippen LogP contribution is -2.35. The Hall–Kier alpha value is -2.47. The number of pyridine rings is 1. The van der Waals surface area contributed by atoms with E-state index in [0.29, 0.717) is 19.5 Å². The predicted molar refractivity (Wildman–Crippen MR) is 92.8 cm³/mol. The first-order chi connectivity index (χ1) is 11.3. The van der Waals surface area contributed by atoms with Gasteiger partial charge in [-0.15, -0.1) is 0 Å². The largest absolute Gasteiger partial charge is 0.390 e. The molecular formula is C17H22FN5. The monoisotopic (exact) mass is 315 g/mol. The third-order valence-corrected chi connectivity index (χ3v) is 3.41. The van der Waals surface area contributed by atoms with Crippen molar-refractivity contribution in [1.82, 2.24) is 10.4 Å². The fourth-order valence-electron chi connectivity index (χ4n) is 2.26. The van der Waals surface area contributed by atoms with Crippen LogP contribution in [-0.4, -0.2) is 24.4 Å². The third kappa shape index (κ3) is 4.75. The number of halogens is 1. The second kappa shape index (κ2) is 8.85. The molecule has 0 saturated carbocycles. The van der Waals surface area contributed by atoms with E-state index in [0.717, 1.165) is 11.4 Å². The van der Waals surface area contributed by atoms with Gasteiger partial charge in [0.25, 0.3) is 0 Å². The van der Waals surface area contributed by atoms with Gasteiger partial charge in [0, 0.05) is 11.8 Å². The van der Waals surface area contributed by atoms with Crippen LogP contribution in [0.15, 0.2) is 59.5 Å². The summed E-state index contributed by atoms with van der Waals surface area (Å²) in [6, 6.07) is 4.02. The number of rotatable bonds is 7. The van der Waals surface area contributed by atoms with Crippen LogP contribution in [0.2, 0.25) is 0 Å². The maximum atomic E-state index is 12.9. The highest BCUT2D eigenvalue weighted by molar-refractivity contribution is 5.54. The Morgan fingerprint density at radius 3 is 3.13 bits per heavy atom. The summed E-state index contributed by atoms with van der Waals surface area (Å²) in [4.78, 5) is 8.51. The van der Waals surface area contributed by atoms with Crippen molar-refractivity contribution in [3.8, 4) is 0 Å². The van der Waals surface area contributed by atoms with Crippen LogP contribution < -0.4 is 16.2 Å². The first-order valence-corrected chi connectivity index (χ1v) is 7.62. The molecule has 0 radical (unpaired) electrons. The maximum Gasteiger partial charge on any atom is 0.147 e. The number of hydrogen-bond acceptors (Lipinski definition) is 4. The van der Waals surface area contributed by atoms with Gasteiger partial charge in [0.2, 0.25) is 0 Å². The first kappa shape index (κ1) is 16.9. The highest BCUT2D eigenvalue weighted by Crippen LogP contribution is 2.30. The number of aromatic nitrogens is 1. The molecule has 2 rings (SSSR count). The summed E-state index contributed by atoms with van der Waals surface area (Å²) in [5, 5.41) is 1.97. The van der Waals surface area contributed by atoms with Crippen LogP contribution in [0.1, 0.15) is 24.9 Å². The number of nitrogens with one attached hydrogen (secondary N) is 1. The summed E-state index contributed by atoms with van der Waals surface area (Å²) >= 11 is 0. The van der Waals surface area contributed by atoms with Crippen LogP contribution in [0.5, 0.6) is 0 Å². The Balaban J connectivity index is 1.96. The summed E-state index contributed by atoms with van der Waals surface area (Å²) < 4.78 is 12.9. The Labute approximate surface area is 136 Å². The zero-order chi connectivity index (χ0) is 16.5. The Bertz CT molecular complexity index is 621. The van der Waals surface area contributed by atoms with Crippen LogP contribution >= 0.6 is 0 Å². The first-order valence-electron chi connectivity index (χ1n) is 7.62. The molecule has 1 unspecified atom stereocenters. The smallest absolute Gasteiger partial charge is 0.147 e. The Kier molecular flexibility index (Phi) is 6.50. The number of anilines is 1. The SMILES string of the molecule is CC\C(F)=C/C=C\C=C\CN1NC(CN=CN)c2cccnc21. The third-order valence-electron chi connectivity index (χ3n) is 3.41. The number of hydrazine groups is 1. The average molecular weight is 315 g/mol. The molecule has 1 aliphatic heterocycles. The van der Waals surface area contributed by atoms with Crippen molar-refractivity contribution in [3.63, 3.8) is 0 Å². The minimum atomic E-state index is -0.128. The molecule has 0 fully saturated rings. The number of allylic oxidation sites excluding steroid dienone is 5. The molecule has 6 heteroatoms. The zero-order valence-electron chi connectivity index (χ0n) is 13.2. The lowest BCUT2D eigenvalue weighted by Gasteiger charge is -2.17. The molecule has 1 aromatic heterocycles. The van der Waals surface area contributed by atoms with Crippen LogP contribution in [0, 0.1) is 0 Å². The van der Waals surface area contributed by atoms with Crippen molar-refractivity contribution in [3.05, 3.63) is 60.1 Å². The lowest BCUT2D eigenvalue weighted by atomic mass is 10.1. The number of hydrogen-bond donors (Lipinski definition) is 2. The zero-order valence-corrected chi connectivity index (χ0v) is 13.2. The highest BCUT2D eigenvalue weighted by Gasteiger charge is 2.27. The van der Waals surface area contributed by atoms with Gasteiger partial charge in [0.15, 0.2) is 0 Å². The second-order valence-electron chi connectivity index (χ2n) is 5.00. The van der Waals surface area contributed by atoms with E-state index in [9.17, 15) is 4.39 Å². The molecule has 1 aliphatic rings. The van der Waals surface area contributed by atoms with Crippen molar-refractivity contribution in [2.45, 2.75) is 19.4 Å². The molecule has 0 aliphatic carbocycles. The van der Waals surface area contributed by atoms with E-state index >= 15 is 0 Å². The van der Waals surface area contributed by atoms with E-state index in [1.165, 1.54) is 12.4 Å². The summed E-state index contributed by atoms with van der Waals surface area (Å²) in [7, 11) is 0. The molecule has 0 aromatic carbocycles. The molecular weight excluding hydrogens is 293 g/mol. The minimum absolute atomic E-state index is 0.0732. The fraction of sp³-hybridized carbons (Fsp3) is 0.294. The van der Waals surface area contributed by atoms with Gasteiger partial charge < -0.3 is 5.73 Å². The van der Waals surface area contributed by atoms with Crippen molar-refractivity contribution in [2.24, 2.45) is 10.7 Å². The standard InChI is InChI=1S/C17H22FN5/c1-2-14(18)8-5-3-4-6-11-23-17-15(9-7-10-21-17)16(22-23)12-20-13-19/h3-10,13,16,22H,2,11-12H2,1H3,(H2,19,20)/b5-3-,6-4+,14-8+. The van der Waals surface area contributed by atoms with Gasteiger partial charge in [0.1, 0.15) is 5.82 Å². The van der Waals surface area contributed by atoms with Gasteiger partial charge in [-0.1, -0.05) is 37.3 Å². The fourth-order valence-corrected chi connectivity index (χ4v) is 2.26. The van der Waals surface area contributed by atoms with E-state index in [1.807, 2.05) is 29.3 Å². The summed E-state index contributed by atoms with van der Waals surface area (Å²) in [5.74, 6) is 0.771. The summed E-state index contributed by atoms with van der Waals surface area (Å²) in [6.07, 6.45) is 12.3.